The first-order chi connectivity index (χ1) is 10.8. The molecule has 0 atom stereocenters. The minimum Gasteiger partial charge on any atom is -0.481 e. The van der Waals surface area contributed by atoms with Crippen LogP contribution in [0.5, 0.6) is 5.88 Å². The van der Waals surface area contributed by atoms with Crippen LogP contribution in [0.4, 0.5) is 11.5 Å². The first-order valence-electron chi connectivity index (χ1n) is 7.37. The Balaban J connectivity index is 1.75. The van der Waals surface area contributed by atoms with Gasteiger partial charge in [-0.05, 0) is 37.3 Å². The highest BCUT2D eigenvalue weighted by molar-refractivity contribution is 7.19. The zero-order valence-electron chi connectivity index (χ0n) is 12.3. The fraction of sp³-hybridized carbons (Fsp3) is 0.312. The van der Waals surface area contributed by atoms with Crippen LogP contribution in [0.1, 0.15) is 23.3 Å². The van der Waals surface area contributed by atoms with Crippen molar-refractivity contribution in [3.05, 3.63) is 35.1 Å². The Morgan fingerprint density at radius 1 is 1.14 bits per heavy atom. The average molecular weight is 312 g/mol. The van der Waals surface area contributed by atoms with E-state index in [1.165, 1.54) is 35.1 Å². The Hall–Kier alpha value is -2.21. The predicted octanol–water partition coefficient (Wildman–Crippen LogP) is 3.72. The maximum absolute atomic E-state index is 5.09. The molecule has 1 N–H and O–H groups in total. The number of ether oxygens (including phenoxy) is 1. The van der Waals surface area contributed by atoms with E-state index in [0.717, 1.165) is 22.8 Å². The summed E-state index contributed by atoms with van der Waals surface area (Å²) in [4.78, 5) is 15.7. The molecule has 112 valence electrons. The molecule has 3 heterocycles. The van der Waals surface area contributed by atoms with Crippen molar-refractivity contribution in [2.24, 2.45) is 0 Å². The lowest BCUT2D eigenvalue weighted by molar-refractivity contribution is 0.398. The van der Waals surface area contributed by atoms with Crippen LogP contribution in [0.15, 0.2) is 24.7 Å². The summed E-state index contributed by atoms with van der Waals surface area (Å²) in [6.07, 6.45) is 8.20. The summed E-state index contributed by atoms with van der Waals surface area (Å²) >= 11 is 1.80. The number of nitrogens with one attached hydrogen (secondary N) is 1. The van der Waals surface area contributed by atoms with Crippen molar-refractivity contribution in [2.45, 2.75) is 25.7 Å². The number of aryl methyl sites for hydroxylation is 2. The summed E-state index contributed by atoms with van der Waals surface area (Å²) in [5.74, 6) is 1.47. The van der Waals surface area contributed by atoms with E-state index >= 15 is 0 Å². The van der Waals surface area contributed by atoms with Gasteiger partial charge in [0, 0.05) is 10.9 Å². The van der Waals surface area contributed by atoms with Crippen LogP contribution >= 0.6 is 11.3 Å². The summed E-state index contributed by atoms with van der Waals surface area (Å²) in [6, 6.07) is 3.78. The van der Waals surface area contributed by atoms with Gasteiger partial charge in [-0.15, -0.1) is 11.3 Å². The topological polar surface area (TPSA) is 59.9 Å². The number of aromatic nitrogens is 3. The van der Waals surface area contributed by atoms with Crippen LogP contribution < -0.4 is 10.1 Å². The smallest absolute Gasteiger partial charge is 0.213 e. The average Bonchev–Trinajstić information content (AvgIpc) is 2.95. The van der Waals surface area contributed by atoms with Crippen molar-refractivity contribution in [3.63, 3.8) is 0 Å². The normalized spacial score (nSPS) is 13.9. The molecule has 6 heteroatoms. The zero-order valence-corrected chi connectivity index (χ0v) is 13.1. The van der Waals surface area contributed by atoms with Crippen LogP contribution in [-0.4, -0.2) is 22.1 Å². The molecule has 22 heavy (non-hydrogen) atoms. The van der Waals surface area contributed by atoms with Crippen LogP contribution in [0, 0.1) is 0 Å². The molecule has 0 bridgehead atoms. The first kappa shape index (κ1) is 13.5. The molecule has 0 saturated carbocycles. The second-order valence-corrected chi connectivity index (χ2v) is 6.41. The third kappa shape index (κ3) is 2.29. The number of hydrogen-bond donors (Lipinski definition) is 1. The number of methoxy groups -OCH3 is 1. The number of pyridine rings is 1. The second kappa shape index (κ2) is 5.53. The molecule has 0 aromatic carbocycles. The highest BCUT2D eigenvalue weighted by atomic mass is 32.1. The van der Waals surface area contributed by atoms with E-state index in [1.54, 1.807) is 31.0 Å². The molecule has 3 aromatic rings. The summed E-state index contributed by atoms with van der Waals surface area (Å²) < 4.78 is 5.09. The summed E-state index contributed by atoms with van der Waals surface area (Å²) in [6.45, 7) is 0. The Kier molecular flexibility index (Phi) is 3.38. The van der Waals surface area contributed by atoms with Crippen molar-refractivity contribution in [1.29, 1.82) is 0 Å². The van der Waals surface area contributed by atoms with E-state index < -0.39 is 0 Å². The van der Waals surface area contributed by atoms with E-state index in [2.05, 4.69) is 20.3 Å². The maximum atomic E-state index is 5.09. The van der Waals surface area contributed by atoms with Crippen molar-refractivity contribution < 1.29 is 4.74 Å². The summed E-state index contributed by atoms with van der Waals surface area (Å²) in [5.41, 5.74) is 2.33. The molecule has 1 aliphatic carbocycles. The van der Waals surface area contributed by atoms with E-state index in [-0.39, 0.29) is 0 Å². The van der Waals surface area contributed by atoms with Gasteiger partial charge in [0.1, 0.15) is 17.0 Å². The van der Waals surface area contributed by atoms with Crippen molar-refractivity contribution >= 4 is 33.1 Å². The monoisotopic (exact) mass is 312 g/mol. The molecule has 3 aromatic heterocycles. The Labute approximate surface area is 132 Å². The molecule has 0 spiro atoms. The molecule has 1 aliphatic rings. The van der Waals surface area contributed by atoms with Crippen LogP contribution in [0.3, 0.4) is 0 Å². The number of fused-ring (bicyclic) bond motifs is 3. The molecule has 0 aliphatic heterocycles. The lowest BCUT2D eigenvalue weighted by Gasteiger charge is -2.12. The standard InChI is InChI=1S/C16H16N4OS/c1-21-13-7-6-10(8-17-13)20-15-14-11-4-2-3-5-12(11)22-16(14)19-9-18-15/h6-9H,2-5H2,1H3,(H,18,19,20). The van der Waals surface area contributed by atoms with Gasteiger partial charge in [0.2, 0.25) is 5.88 Å². The second-order valence-electron chi connectivity index (χ2n) is 5.33. The maximum Gasteiger partial charge on any atom is 0.213 e. The Morgan fingerprint density at radius 3 is 2.86 bits per heavy atom. The van der Waals surface area contributed by atoms with Gasteiger partial charge in [-0.2, -0.15) is 0 Å². The van der Waals surface area contributed by atoms with Crippen molar-refractivity contribution in [1.82, 2.24) is 15.0 Å². The van der Waals surface area contributed by atoms with Gasteiger partial charge in [-0.3, -0.25) is 0 Å². The minimum atomic E-state index is 0.603. The lowest BCUT2D eigenvalue weighted by atomic mass is 9.97. The number of anilines is 2. The van der Waals surface area contributed by atoms with E-state index in [0.29, 0.717) is 5.88 Å². The van der Waals surface area contributed by atoms with E-state index in [1.807, 2.05) is 12.1 Å². The van der Waals surface area contributed by atoms with E-state index in [9.17, 15) is 0 Å². The largest absolute Gasteiger partial charge is 0.481 e. The number of hydrogen-bond acceptors (Lipinski definition) is 6. The third-order valence-corrected chi connectivity index (χ3v) is 5.16. The highest BCUT2D eigenvalue weighted by Crippen LogP contribution is 2.38. The van der Waals surface area contributed by atoms with Gasteiger partial charge in [0.05, 0.1) is 24.4 Å². The molecule has 4 rings (SSSR count). The van der Waals surface area contributed by atoms with Gasteiger partial charge in [-0.1, -0.05) is 0 Å². The van der Waals surface area contributed by atoms with Crippen LogP contribution in [0.2, 0.25) is 0 Å². The lowest BCUT2D eigenvalue weighted by Crippen LogP contribution is -2.01. The van der Waals surface area contributed by atoms with Gasteiger partial charge < -0.3 is 10.1 Å². The fourth-order valence-electron chi connectivity index (χ4n) is 2.90. The molecular weight excluding hydrogens is 296 g/mol. The first-order valence-corrected chi connectivity index (χ1v) is 8.19. The number of thiophene rings is 1. The summed E-state index contributed by atoms with van der Waals surface area (Å²) in [7, 11) is 1.61. The van der Waals surface area contributed by atoms with Crippen molar-refractivity contribution in [2.75, 3.05) is 12.4 Å². The highest BCUT2D eigenvalue weighted by Gasteiger charge is 2.19. The summed E-state index contributed by atoms with van der Waals surface area (Å²) in [5, 5.41) is 4.55. The van der Waals surface area contributed by atoms with Gasteiger partial charge in [-0.25, -0.2) is 15.0 Å². The Bertz CT molecular complexity index is 813. The van der Waals surface area contributed by atoms with Crippen LogP contribution in [-0.2, 0) is 12.8 Å². The molecule has 0 radical (unpaired) electrons. The van der Waals surface area contributed by atoms with Gasteiger partial charge in [0.15, 0.2) is 0 Å². The molecule has 0 fully saturated rings. The molecule has 0 saturated heterocycles. The predicted molar refractivity (Wildman–Crippen MR) is 88.1 cm³/mol. The number of nitrogens with zero attached hydrogens (tertiary/aromatic N) is 3. The third-order valence-electron chi connectivity index (χ3n) is 3.96. The van der Waals surface area contributed by atoms with Gasteiger partial charge >= 0.3 is 0 Å². The fourth-order valence-corrected chi connectivity index (χ4v) is 4.13. The SMILES string of the molecule is COc1ccc(Nc2ncnc3sc4c(c23)CCCC4)cn1. The van der Waals surface area contributed by atoms with Crippen LogP contribution in [0.25, 0.3) is 10.2 Å². The quantitative estimate of drug-likeness (QED) is 0.798. The van der Waals surface area contributed by atoms with E-state index in [4.69, 9.17) is 4.74 Å². The number of rotatable bonds is 3. The zero-order chi connectivity index (χ0) is 14.9. The molecule has 0 amide bonds. The Morgan fingerprint density at radius 2 is 2.05 bits per heavy atom. The van der Waals surface area contributed by atoms with Gasteiger partial charge in [0.25, 0.3) is 0 Å². The van der Waals surface area contributed by atoms with Crippen molar-refractivity contribution in [3.8, 4) is 5.88 Å². The minimum absolute atomic E-state index is 0.603. The molecule has 5 nitrogen and oxygen atoms in total. The molecule has 0 unspecified atom stereocenters. The molecular formula is C16H16N4OS.